The molecule has 0 saturated carbocycles. The van der Waals surface area contributed by atoms with Crippen LogP contribution in [0.2, 0.25) is 0 Å². The standard InChI is InChI=1S/C24H27F2N5OS/c1-2-3-12-32-19-7-4-16(5-8-19)21-14-22-23-27-28-24(30(23)10-11-31(22)29-21)33-15-17-13-18(25)6-9-20(17)26/h4-11,13,21-23,27,29H,2-3,12,14-15H2,1H3. The lowest BCUT2D eigenvalue weighted by atomic mass is 10.00. The van der Waals surface area contributed by atoms with E-state index in [1.165, 1.54) is 23.4 Å². The molecule has 174 valence electrons. The monoisotopic (exact) mass is 471 g/mol. The number of fused-ring (bicyclic) bond motifs is 3. The molecule has 0 amide bonds. The summed E-state index contributed by atoms with van der Waals surface area (Å²) in [5, 5.41) is 7.34. The molecule has 0 aliphatic carbocycles. The second-order valence-electron chi connectivity index (χ2n) is 8.36. The molecule has 33 heavy (non-hydrogen) atoms. The van der Waals surface area contributed by atoms with E-state index in [4.69, 9.17) is 4.74 Å². The normalized spacial score (nSPS) is 23.2. The number of halogens is 2. The van der Waals surface area contributed by atoms with Gasteiger partial charge < -0.3 is 14.6 Å². The minimum Gasteiger partial charge on any atom is -0.494 e. The van der Waals surface area contributed by atoms with Gasteiger partial charge in [0.15, 0.2) is 5.17 Å². The lowest BCUT2D eigenvalue weighted by Crippen LogP contribution is -2.54. The van der Waals surface area contributed by atoms with Gasteiger partial charge in [-0.05, 0) is 48.7 Å². The Morgan fingerprint density at radius 1 is 1.15 bits per heavy atom. The van der Waals surface area contributed by atoms with E-state index in [1.54, 1.807) is 0 Å². The molecule has 2 aromatic rings. The Hall–Kier alpha value is -2.78. The van der Waals surface area contributed by atoms with Crippen molar-refractivity contribution in [1.82, 2.24) is 20.8 Å². The van der Waals surface area contributed by atoms with Crippen LogP contribution in [0.15, 0.2) is 60.0 Å². The van der Waals surface area contributed by atoms with Crippen molar-refractivity contribution < 1.29 is 13.5 Å². The zero-order valence-electron chi connectivity index (χ0n) is 18.4. The molecule has 0 aromatic heterocycles. The molecule has 3 heterocycles. The number of nitrogens with one attached hydrogen (secondary N) is 2. The Labute approximate surface area is 196 Å². The summed E-state index contributed by atoms with van der Waals surface area (Å²) < 4.78 is 33.2. The van der Waals surface area contributed by atoms with Crippen LogP contribution in [0.3, 0.4) is 0 Å². The van der Waals surface area contributed by atoms with Gasteiger partial charge in [-0.15, -0.1) is 0 Å². The average Bonchev–Trinajstić information content (AvgIpc) is 3.44. The van der Waals surface area contributed by atoms with Crippen LogP contribution in [-0.4, -0.2) is 33.9 Å². The van der Waals surface area contributed by atoms with Crippen LogP contribution in [0.4, 0.5) is 8.78 Å². The van der Waals surface area contributed by atoms with Gasteiger partial charge >= 0.3 is 0 Å². The molecule has 0 radical (unpaired) electrons. The lowest BCUT2D eigenvalue weighted by molar-refractivity contribution is 0.152. The molecule has 3 atom stereocenters. The van der Waals surface area contributed by atoms with Crippen LogP contribution in [0.5, 0.6) is 5.75 Å². The zero-order chi connectivity index (χ0) is 22.8. The van der Waals surface area contributed by atoms with Crippen molar-refractivity contribution in [3.8, 4) is 5.75 Å². The fourth-order valence-electron chi connectivity index (χ4n) is 4.29. The number of benzene rings is 2. The molecule has 0 spiro atoms. The van der Waals surface area contributed by atoms with E-state index in [9.17, 15) is 8.78 Å². The highest BCUT2D eigenvalue weighted by molar-refractivity contribution is 8.13. The first-order valence-corrected chi connectivity index (χ1v) is 12.2. The Morgan fingerprint density at radius 3 is 2.82 bits per heavy atom. The predicted octanol–water partition coefficient (Wildman–Crippen LogP) is 4.68. The minimum atomic E-state index is -0.437. The number of thioether (sulfide) groups is 1. The van der Waals surface area contributed by atoms with Gasteiger partial charge in [-0.2, -0.15) is 5.10 Å². The number of hydrazine groups is 1. The van der Waals surface area contributed by atoms with E-state index < -0.39 is 11.6 Å². The Morgan fingerprint density at radius 2 is 2.00 bits per heavy atom. The third-order valence-corrected chi connectivity index (χ3v) is 7.13. The third kappa shape index (κ3) is 4.65. The highest BCUT2D eigenvalue weighted by Crippen LogP contribution is 2.36. The highest BCUT2D eigenvalue weighted by atomic mass is 32.2. The van der Waals surface area contributed by atoms with Crippen molar-refractivity contribution in [3.05, 3.63) is 77.6 Å². The number of nitrogens with zero attached hydrogens (tertiary/aromatic N) is 3. The second-order valence-corrected chi connectivity index (χ2v) is 9.30. The first-order chi connectivity index (χ1) is 16.1. The molecule has 0 bridgehead atoms. The van der Waals surface area contributed by atoms with E-state index >= 15 is 0 Å². The smallest absolute Gasteiger partial charge is 0.189 e. The zero-order valence-corrected chi connectivity index (χ0v) is 19.2. The summed E-state index contributed by atoms with van der Waals surface area (Å²) in [5.74, 6) is 0.366. The van der Waals surface area contributed by atoms with Crippen LogP contribution < -0.4 is 15.6 Å². The van der Waals surface area contributed by atoms with Gasteiger partial charge in [0.2, 0.25) is 0 Å². The van der Waals surface area contributed by atoms with Crippen molar-refractivity contribution in [1.29, 1.82) is 0 Å². The molecule has 9 heteroatoms. The molecule has 6 nitrogen and oxygen atoms in total. The summed E-state index contributed by atoms with van der Waals surface area (Å²) in [5.41, 5.74) is 8.34. The largest absolute Gasteiger partial charge is 0.494 e. The van der Waals surface area contributed by atoms with Crippen LogP contribution in [0.1, 0.15) is 43.4 Å². The van der Waals surface area contributed by atoms with Crippen molar-refractivity contribution >= 4 is 16.9 Å². The molecule has 3 unspecified atom stereocenters. The number of hydrogen-bond donors (Lipinski definition) is 2. The van der Waals surface area contributed by atoms with Gasteiger partial charge in [0, 0.05) is 23.7 Å². The van der Waals surface area contributed by atoms with Crippen molar-refractivity contribution in [2.45, 2.75) is 50.2 Å². The van der Waals surface area contributed by atoms with Crippen LogP contribution in [0.25, 0.3) is 0 Å². The number of amidine groups is 1. The molecule has 5 rings (SSSR count). The maximum absolute atomic E-state index is 14.0. The van der Waals surface area contributed by atoms with Gasteiger partial charge in [-0.25, -0.2) is 14.2 Å². The molecule has 2 N–H and O–H groups in total. The van der Waals surface area contributed by atoms with E-state index in [1.807, 2.05) is 24.5 Å². The average molecular weight is 472 g/mol. The minimum absolute atomic E-state index is 0.0241. The Kier molecular flexibility index (Phi) is 6.41. The van der Waals surface area contributed by atoms with Gasteiger partial charge in [-0.1, -0.05) is 37.2 Å². The maximum Gasteiger partial charge on any atom is 0.189 e. The molecule has 3 aliphatic rings. The fourth-order valence-corrected chi connectivity index (χ4v) is 5.24. The van der Waals surface area contributed by atoms with Gasteiger partial charge in [0.05, 0.1) is 18.7 Å². The quantitative estimate of drug-likeness (QED) is 0.572. The molecule has 1 fully saturated rings. The molecule has 3 aliphatic heterocycles. The lowest BCUT2D eigenvalue weighted by Gasteiger charge is -2.36. The summed E-state index contributed by atoms with van der Waals surface area (Å²) >= 11 is 1.39. The van der Waals surface area contributed by atoms with E-state index in [2.05, 4.69) is 44.9 Å². The van der Waals surface area contributed by atoms with E-state index in [0.29, 0.717) is 11.3 Å². The third-order valence-electron chi connectivity index (χ3n) is 6.12. The second kappa shape index (κ2) is 9.61. The molecule has 2 aromatic carbocycles. The Balaban J connectivity index is 1.20. The number of hydrazone groups is 1. The van der Waals surface area contributed by atoms with Crippen molar-refractivity contribution in [2.75, 3.05) is 6.61 Å². The number of unbranched alkanes of at least 4 members (excludes halogenated alkanes) is 1. The summed E-state index contributed by atoms with van der Waals surface area (Å²) in [4.78, 5) is 2.07. The molecule has 1 saturated heterocycles. The van der Waals surface area contributed by atoms with Gasteiger partial charge in [-0.3, -0.25) is 5.43 Å². The van der Waals surface area contributed by atoms with Crippen molar-refractivity contribution in [2.24, 2.45) is 5.10 Å². The fraction of sp³-hybridized carbons (Fsp3) is 0.375. The molecular weight excluding hydrogens is 444 g/mol. The van der Waals surface area contributed by atoms with Gasteiger partial charge in [0.1, 0.15) is 23.5 Å². The number of rotatable bonds is 7. The molecular formula is C24H27F2N5OS. The SMILES string of the molecule is CCCCOc1ccc(C2CC3C4NN=C(SCc5cc(F)ccc5F)N4C=CN3N2)cc1. The first-order valence-electron chi connectivity index (χ1n) is 11.3. The van der Waals surface area contributed by atoms with Crippen molar-refractivity contribution in [3.63, 3.8) is 0 Å². The summed E-state index contributed by atoms with van der Waals surface area (Å²) in [6.07, 6.45) is 7.03. The number of hydrogen-bond acceptors (Lipinski definition) is 7. The highest BCUT2D eigenvalue weighted by Gasteiger charge is 2.44. The van der Waals surface area contributed by atoms with Gasteiger partial charge in [0.25, 0.3) is 0 Å². The maximum atomic E-state index is 14.0. The van der Waals surface area contributed by atoms with E-state index in [-0.39, 0.29) is 18.2 Å². The van der Waals surface area contributed by atoms with E-state index in [0.717, 1.165) is 48.9 Å². The summed E-state index contributed by atoms with van der Waals surface area (Å²) in [7, 11) is 0. The first kappa shape index (κ1) is 22.0. The topological polar surface area (TPSA) is 52.1 Å². The van der Waals surface area contributed by atoms with Crippen LogP contribution in [0, 0.1) is 11.6 Å². The van der Waals surface area contributed by atoms with Crippen LogP contribution >= 0.6 is 11.8 Å². The summed E-state index contributed by atoms with van der Waals surface area (Å²) in [6, 6.07) is 12.2. The summed E-state index contributed by atoms with van der Waals surface area (Å²) in [6.45, 7) is 2.90. The number of ether oxygens (including phenoxy) is 1. The Bertz CT molecular complexity index is 1050. The predicted molar refractivity (Wildman–Crippen MR) is 126 cm³/mol. The van der Waals surface area contributed by atoms with Crippen LogP contribution in [-0.2, 0) is 5.75 Å².